The molecule has 0 amide bonds. The number of hydrogen-bond donors (Lipinski definition) is 1. The fourth-order valence-electron chi connectivity index (χ4n) is 1.01. The number of carboxylic acid groups (broad SMARTS) is 1. The summed E-state index contributed by atoms with van der Waals surface area (Å²) in [7, 11) is 0. The van der Waals surface area contributed by atoms with E-state index in [0.29, 0.717) is 0 Å². The summed E-state index contributed by atoms with van der Waals surface area (Å²) in [5.41, 5.74) is -0.702. The van der Waals surface area contributed by atoms with Gasteiger partial charge in [0.15, 0.2) is 0 Å². The molecule has 17 heavy (non-hydrogen) atoms. The van der Waals surface area contributed by atoms with Crippen LogP contribution in [0.1, 0.15) is 17.5 Å². The molecule has 2 nitrogen and oxygen atoms in total. The van der Waals surface area contributed by atoms with Crippen molar-refractivity contribution in [1.29, 1.82) is 0 Å². The van der Waals surface area contributed by atoms with Crippen LogP contribution < -0.4 is 0 Å². The summed E-state index contributed by atoms with van der Waals surface area (Å²) in [6.45, 7) is 0. The van der Waals surface area contributed by atoms with E-state index < -0.39 is 24.1 Å². The van der Waals surface area contributed by atoms with Crippen LogP contribution in [0.25, 0.3) is 0 Å². The van der Waals surface area contributed by atoms with Crippen LogP contribution in [0.5, 0.6) is 0 Å². The molecular formula is C11H6ClF3O2. The summed E-state index contributed by atoms with van der Waals surface area (Å²) in [4.78, 5) is 10.2. The lowest BCUT2D eigenvalue weighted by atomic mass is 10.1. The van der Waals surface area contributed by atoms with Crippen LogP contribution in [0, 0.1) is 11.8 Å². The zero-order chi connectivity index (χ0) is 13.1. The number of carboxylic acids is 1. The molecule has 0 bridgehead atoms. The fourth-order valence-corrected chi connectivity index (χ4v) is 1.24. The smallest absolute Gasteiger partial charge is 0.416 e. The number of carbonyl (C=O) groups is 1. The molecule has 0 aliphatic heterocycles. The van der Waals surface area contributed by atoms with Gasteiger partial charge < -0.3 is 5.11 Å². The van der Waals surface area contributed by atoms with E-state index in [1.54, 1.807) is 0 Å². The molecule has 0 aliphatic rings. The summed E-state index contributed by atoms with van der Waals surface area (Å²) < 4.78 is 36.9. The van der Waals surface area contributed by atoms with E-state index in [1.165, 1.54) is 0 Å². The summed E-state index contributed by atoms with van der Waals surface area (Å²) >= 11 is 5.60. The Hall–Kier alpha value is -1.67. The first kappa shape index (κ1) is 13.4. The molecule has 0 radical (unpaired) electrons. The third kappa shape index (κ3) is 4.00. The first-order chi connectivity index (χ1) is 7.80. The predicted molar refractivity (Wildman–Crippen MR) is 55.6 cm³/mol. The average molecular weight is 263 g/mol. The van der Waals surface area contributed by atoms with Gasteiger partial charge >= 0.3 is 12.1 Å². The number of aliphatic carboxylic acids is 1. The molecule has 0 aliphatic carbocycles. The highest BCUT2D eigenvalue weighted by Gasteiger charge is 2.30. The second-order valence-corrected chi connectivity index (χ2v) is 3.47. The van der Waals surface area contributed by atoms with Gasteiger partial charge in [-0.2, -0.15) is 13.2 Å². The summed E-state index contributed by atoms with van der Waals surface area (Å²) in [6, 6.07) is 2.71. The van der Waals surface area contributed by atoms with Crippen molar-refractivity contribution in [3.8, 4) is 11.8 Å². The fraction of sp³-hybridized carbons (Fsp3) is 0.182. The molecule has 0 spiro atoms. The van der Waals surface area contributed by atoms with Crippen LogP contribution in [0.3, 0.4) is 0 Å². The minimum Gasteiger partial charge on any atom is -0.481 e. The first-order valence-electron chi connectivity index (χ1n) is 4.38. The molecule has 0 atom stereocenters. The maximum absolute atomic E-state index is 12.3. The average Bonchev–Trinajstić information content (AvgIpc) is 2.18. The van der Waals surface area contributed by atoms with Crippen molar-refractivity contribution < 1.29 is 23.1 Å². The number of halogens is 4. The van der Waals surface area contributed by atoms with Gasteiger partial charge in [-0.15, -0.1) is 0 Å². The zero-order valence-electron chi connectivity index (χ0n) is 8.31. The molecule has 0 saturated heterocycles. The van der Waals surface area contributed by atoms with E-state index >= 15 is 0 Å². The first-order valence-corrected chi connectivity index (χ1v) is 4.76. The zero-order valence-corrected chi connectivity index (χ0v) is 9.06. The van der Waals surface area contributed by atoms with E-state index in [0.717, 1.165) is 18.2 Å². The summed E-state index contributed by atoms with van der Waals surface area (Å²) in [6.07, 6.45) is -4.85. The van der Waals surface area contributed by atoms with Crippen LogP contribution in [-0.4, -0.2) is 11.1 Å². The van der Waals surface area contributed by atoms with Crippen LogP contribution in [-0.2, 0) is 11.0 Å². The molecule has 1 aromatic carbocycles. The van der Waals surface area contributed by atoms with E-state index in [9.17, 15) is 18.0 Å². The van der Waals surface area contributed by atoms with Crippen molar-refractivity contribution in [3.05, 3.63) is 34.3 Å². The molecule has 1 N–H and O–H groups in total. The van der Waals surface area contributed by atoms with Gasteiger partial charge in [0.25, 0.3) is 0 Å². The van der Waals surface area contributed by atoms with Gasteiger partial charge in [-0.05, 0) is 18.2 Å². The van der Waals surface area contributed by atoms with Gasteiger partial charge in [-0.25, -0.2) is 0 Å². The number of hydrogen-bond acceptors (Lipinski definition) is 1. The topological polar surface area (TPSA) is 37.3 Å². The third-order valence-electron chi connectivity index (χ3n) is 1.76. The number of rotatable bonds is 1. The van der Waals surface area contributed by atoms with Crippen molar-refractivity contribution >= 4 is 17.6 Å². The van der Waals surface area contributed by atoms with Gasteiger partial charge in [0.2, 0.25) is 0 Å². The largest absolute Gasteiger partial charge is 0.481 e. The molecule has 6 heteroatoms. The molecule has 0 heterocycles. The number of benzene rings is 1. The molecule has 0 aromatic heterocycles. The highest BCUT2D eigenvalue weighted by molar-refractivity contribution is 6.31. The Morgan fingerprint density at radius 1 is 1.41 bits per heavy atom. The Kier molecular flexibility index (Phi) is 4.02. The second-order valence-electron chi connectivity index (χ2n) is 3.06. The number of alkyl halides is 3. The Balaban J connectivity index is 2.97. The Labute approximate surface area is 100 Å². The SMILES string of the molecule is O=C(O)CC#Cc1ccc(C(F)(F)F)cc1Cl. The van der Waals surface area contributed by atoms with Crippen molar-refractivity contribution in [3.63, 3.8) is 0 Å². The molecule has 0 saturated carbocycles. The van der Waals surface area contributed by atoms with Gasteiger partial charge in [0.05, 0.1) is 10.6 Å². The van der Waals surface area contributed by atoms with Gasteiger partial charge in [0, 0.05) is 5.56 Å². The highest BCUT2D eigenvalue weighted by Crippen LogP contribution is 2.31. The van der Waals surface area contributed by atoms with Gasteiger partial charge in [0.1, 0.15) is 6.42 Å². The van der Waals surface area contributed by atoms with Crippen LogP contribution in [0.2, 0.25) is 5.02 Å². The molecule has 0 unspecified atom stereocenters. The summed E-state index contributed by atoms with van der Waals surface area (Å²) in [5.74, 6) is 3.57. The standard InChI is InChI=1S/C11H6ClF3O2/c12-9-6-8(11(13,14)15)5-4-7(9)2-1-3-10(16)17/h4-6H,3H2,(H,16,17). The van der Waals surface area contributed by atoms with E-state index in [-0.39, 0.29) is 10.6 Å². The van der Waals surface area contributed by atoms with E-state index in [1.807, 2.05) is 0 Å². The lowest BCUT2D eigenvalue weighted by Crippen LogP contribution is -2.04. The Bertz CT molecular complexity index is 498. The van der Waals surface area contributed by atoms with E-state index in [2.05, 4.69) is 11.8 Å². The predicted octanol–water partition coefficient (Wildman–Crippen LogP) is 3.19. The van der Waals surface area contributed by atoms with Crippen LogP contribution in [0.15, 0.2) is 18.2 Å². The molecular weight excluding hydrogens is 257 g/mol. The second kappa shape index (κ2) is 5.11. The normalized spacial score (nSPS) is 10.6. The van der Waals surface area contributed by atoms with E-state index in [4.69, 9.17) is 16.7 Å². The van der Waals surface area contributed by atoms with Crippen molar-refractivity contribution in [2.24, 2.45) is 0 Å². The minimum atomic E-state index is -4.46. The lowest BCUT2D eigenvalue weighted by molar-refractivity contribution is -0.138. The Morgan fingerprint density at radius 3 is 2.53 bits per heavy atom. The van der Waals surface area contributed by atoms with Crippen molar-refractivity contribution in [2.75, 3.05) is 0 Å². The lowest BCUT2D eigenvalue weighted by Gasteiger charge is -2.07. The monoisotopic (exact) mass is 262 g/mol. The minimum absolute atomic E-state index is 0.155. The Morgan fingerprint density at radius 2 is 2.06 bits per heavy atom. The maximum Gasteiger partial charge on any atom is 0.416 e. The van der Waals surface area contributed by atoms with Gasteiger partial charge in [-0.1, -0.05) is 23.4 Å². The molecule has 90 valence electrons. The molecule has 1 aromatic rings. The quantitative estimate of drug-likeness (QED) is 0.789. The van der Waals surface area contributed by atoms with Crippen LogP contribution >= 0.6 is 11.6 Å². The van der Waals surface area contributed by atoms with Gasteiger partial charge in [-0.3, -0.25) is 4.79 Å². The molecule has 1 rings (SSSR count). The van der Waals surface area contributed by atoms with Crippen LogP contribution in [0.4, 0.5) is 13.2 Å². The summed E-state index contributed by atoms with van der Waals surface area (Å²) in [5, 5.41) is 8.17. The highest BCUT2D eigenvalue weighted by atomic mass is 35.5. The van der Waals surface area contributed by atoms with Crippen molar-refractivity contribution in [2.45, 2.75) is 12.6 Å². The maximum atomic E-state index is 12.3. The molecule has 0 fully saturated rings. The third-order valence-corrected chi connectivity index (χ3v) is 2.07. The van der Waals surface area contributed by atoms with Crippen molar-refractivity contribution in [1.82, 2.24) is 0 Å².